The van der Waals surface area contributed by atoms with Crippen LogP contribution in [0.25, 0.3) is 22.2 Å². The minimum atomic E-state index is -0.760. The van der Waals surface area contributed by atoms with Gasteiger partial charge in [-0.1, -0.05) is 12.1 Å². The van der Waals surface area contributed by atoms with Crippen LogP contribution in [0.5, 0.6) is 5.75 Å². The largest absolute Gasteiger partial charge is 0.487 e. The zero-order valence-corrected chi connectivity index (χ0v) is 20.8. The lowest BCUT2D eigenvalue weighted by molar-refractivity contribution is 0.126. The molecule has 1 aliphatic rings. The molecule has 0 radical (unpaired) electrons. The van der Waals surface area contributed by atoms with Gasteiger partial charge >= 0.3 is 0 Å². The molecule has 8 nitrogen and oxygen atoms in total. The Morgan fingerprint density at radius 1 is 1.19 bits per heavy atom. The molecule has 3 aromatic heterocycles. The molecule has 0 saturated heterocycles. The van der Waals surface area contributed by atoms with Gasteiger partial charge in [-0.3, -0.25) is 9.36 Å². The Morgan fingerprint density at radius 2 is 1.97 bits per heavy atom. The lowest BCUT2D eigenvalue weighted by atomic mass is 9.93. The van der Waals surface area contributed by atoms with E-state index >= 15 is 0 Å². The van der Waals surface area contributed by atoms with Crippen molar-refractivity contribution in [2.75, 3.05) is 11.9 Å². The molecule has 5 rings (SSSR count). The molecule has 186 valence electrons. The first-order valence-corrected chi connectivity index (χ1v) is 12.4. The maximum absolute atomic E-state index is 14.0. The molecule has 1 aromatic carbocycles. The van der Waals surface area contributed by atoms with Crippen molar-refractivity contribution >= 4 is 16.7 Å². The second kappa shape index (κ2) is 9.61. The molecular weight excluding hydrogens is 457 g/mol. The summed E-state index contributed by atoms with van der Waals surface area (Å²) in [5.74, 6) is 0.785. The fourth-order valence-electron chi connectivity index (χ4n) is 4.73. The molecule has 36 heavy (non-hydrogen) atoms. The molecule has 0 spiro atoms. The van der Waals surface area contributed by atoms with Gasteiger partial charge in [0.15, 0.2) is 11.6 Å². The van der Waals surface area contributed by atoms with Gasteiger partial charge in [0.25, 0.3) is 0 Å². The van der Waals surface area contributed by atoms with Crippen molar-refractivity contribution in [1.82, 2.24) is 24.5 Å². The molecule has 0 bridgehead atoms. The monoisotopic (exact) mass is 487 g/mol. The van der Waals surface area contributed by atoms with E-state index in [0.717, 1.165) is 60.2 Å². The fraction of sp³-hybridized carbons (Fsp3) is 0.407. The SMILES string of the molecule is CCNc1cc2c(cn1)c(-c1cnn(C(C)(C)C#N)c1)nn2C1CCC(Oc2ccccc2F)CC1. The molecule has 0 aliphatic heterocycles. The number of halogens is 1. The lowest BCUT2D eigenvalue weighted by Gasteiger charge is -2.29. The van der Waals surface area contributed by atoms with Crippen LogP contribution in [0.4, 0.5) is 10.2 Å². The van der Waals surface area contributed by atoms with Crippen LogP contribution in [0.1, 0.15) is 52.5 Å². The molecule has 0 amide bonds. The number of hydrogen-bond donors (Lipinski definition) is 1. The third-order valence-electron chi connectivity index (χ3n) is 6.77. The highest BCUT2D eigenvalue weighted by Crippen LogP contribution is 2.37. The number of ether oxygens (including phenoxy) is 1. The summed E-state index contributed by atoms with van der Waals surface area (Å²) in [7, 11) is 0. The first-order valence-electron chi connectivity index (χ1n) is 12.4. The van der Waals surface area contributed by atoms with Crippen molar-refractivity contribution in [2.24, 2.45) is 0 Å². The first-order chi connectivity index (χ1) is 17.4. The number of rotatable bonds is 7. The highest BCUT2D eigenvalue weighted by atomic mass is 19.1. The smallest absolute Gasteiger partial charge is 0.165 e. The van der Waals surface area contributed by atoms with Crippen LogP contribution < -0.4 is 10.1 Å². The number of pyridine rings is 1. The minimum absolute atomic E-state index is 0.0233. The molecule has 1 saturated carbocycles. The Balaban J connectivity index is 1.44. The zero-order valence-electron chi connectivity index (χ0n) is 20.8. The van der Waals surface area contributed by atoms with Gasteiger partial charge < -0.3 is 10.1 Å². The third-order valence-corrected chi connectivity index (χ3v) is 6.77. The van der Waals surface area contributed by atoms with Gasteiger partial charge in [0, 0.05) is 36.0 Å². The quantitative estimate of drug-likeness (QED) is 0.360. The Hall–Kier alpha value is -3.93. The molecular formula is C27H30FN7O. The van der Waals surface area contributed by atoms with E-state index in [-0.39, 0.29) is 18.0 Å². The van der Waals surface area contributed by atoms with Gasteiger partial charge in [-0.15, -0.1) is 0 Å². The van der Waals surface area contributed by atoms with E-state index in [9.17, 15) is 9.65 Å². The number of fused-ring (bicyclic) bond motifs is 1. The second-order valence-corrected chi connectivity index (χ2v) is 9.73. The zero-order chi connectivity index (χ0) is 25.3. The Morgan fingerprint density at radius 3 is 2.69 bits per heavy atom. The van der Waals surface area contributed by atoms with Gasteiger partial charge in [0.2, 0.25) is 0 Å². The van der Waals surface area contributed by atoms with Crippen molar-refractivity contribution in [2.45, 2.75) is 64.1 Å². The molecule has 1 fully saturated rings. The fourth-order valence-corrected chi connectivity index (χ4v) is 4.73. The average Bonchev–Trinajstić information content (AvgIpc) is 3.52. The molecule has 3 heterocycles. The van der Waals surface area contributed by atoms with Crippen molar-refractivity contribution < 1.29 is 9.13 Å². The molecule has 4 aromatic rings. The summed E-state index contributed by atoms with van der Waals surface area (Å²) in [4.78, 5) is 4.58. The highest BCUT2D eigenvalue weighted by molar-refractivity contribution is 5.93. The third kappa shape index (κ3) is 4.51. The van der Waals surface area contributed by atoms with Gasteiger partial charge in [0.1, 0.15) is 17.1 Å². The van der Waals surface area contributed by atoms with E-state index in [1.54, 1.807) is 29.1 Å². The van der Waals surface area contributed by atoms with Crippen LogP contribution in [0.2, 0.25) is 0 Å². The van der Waals surface area contributed by atoms with E-state index in [0.29, 0.717) is 5.75 Å². The Kier molecular flexibility index (Phi) is 6.35. The number of nitriles is 1. The van der Waals surface area contributed by atoms with Crippen LogP contribution >= 0.6 is 0 Å². The van der Waals surface area contributed by atoms with Crippen LogP contribution in [0.3, 0.4) is 0 Å². The Labute approximate surface area is 209 Å². The number of anilines is 1. The average molecular weight is 488 g/mol. The van der Waals surface area contributed by atoms with E-state index in [2.05, 4.69) is 26.2 Å². The van der Waals surface area contributed by atoms with Crippen molar-refractivity contribution in [3.8, 4) is 23.1 Å². The topological polar surface area (TPSA) is 93.6 Å². The number of nitrogens with one attached hydrogen (secondary N) is 1. The standard InChI is InChI=1S/C27H30FN7O/c1-4-30-25-13-23-21(15-31-25)26(18-14-32-34(16-18)27(2,3)17-29)33-35(23)19-9-11-20(12-10-19)36-24-8-6-5-7-22(24)28/h5-8,13-16,19-20H,4,9-12H2,1-3H3,(H,30,31). The van der Waals surface area contributed by atoms with E-state index < -0.39 is 5.54 Å². The maximum atomic E-state index is 14.0. The summed E-state index contributed by atoms with van der Waals surface area (Å²) >= 11 is 0. The normalized spacial score (nSPS) is 18.2. The van der Waals surface area contributed by atoms with Gasteiger partial charge in [0.05, 0.1) is 29.9 Å². The summed E-state index contributed by atoms with van der Waals surface area (Å²) in [6.07, 6.45) is 8.82. The molecule has 0 unspecified atom stereocenters. The predicted molar refractivity (Wildman–Crippen MR) is 136 cm³/mol. The van der Waals surface area contributed by atoms with Crippen LogP contribution in [-0.4, -0.2) is 37.2 Å². The van der Waals surface area contributed by atoms with Crippen LogP contribution in [0, 0.1) is 17.1 Å². The molecule has 0 atom stereocenters. The van der Waals surface area contributed by atoms with Crippen molar-refractivity contribution in [3.05, 3.63) is 54.7 Å². The summed E-state index contributed by atoms with van der Waals surface area (Å²) in [6, 6.07) is 11.1. The second-order valence-electron chi connectivity index (χ2n) is 9.73. The van der Waals surface area contributed by atoms with E-state index in [1.165, 1.54) is 6.07 Å². The summed E-state index contributed by atoms with van der Waals surface area (Å²) < 4.78 is 23.8. The van der Waals surface area contributed by atoms with Gasteiger partial charge in [-0.05, 0) is 58.6 Å². The number of aromatic nitrogens is 5. The van der Waals surface area contributed by atoms with Crippen LogP contribution in [0.15, 0.2) is 48.9 Å². The van der Waals surface area contributed by atoms with Crippen molar-refractivity contribution in [1.29, 1.82) is 5.26 Å². The maximum Gasteiger partial charge on any atom is 0.165 e. The predicted octanol–water partition coefficient (Wildman–Crippen LogP) is 5.69. The van der Waals surface area contributed by atoms with E-state index in [1.807, 2.05) is 39.2 Å². The Bertz CT molecular complexity index is 1410. The molecule has 1 N–H and O–H groups in total. The number of nitrogens with zero attached hydrogens (tertiary/aromatic N) is 6. The summed E-state index contributed by atoms with van der Waals surface area (Å²) in [6.45, 7) is 6.46. The van der Waals surface area contributed by atoms with Crippen LogP contribution in [-0.2, 0) is 5.54 Å². The number of para-hydroxylation sites is 1. The number of benzene rings is 1. The van der Waals surface area contributed by atoms with Crippen molar-refractivity contribution in [3.63, 3.8) is 0 Å². The van der Waals surface area contributed by atoms with E-state index in [4.69, 9.17) is 9.84 Å². The molecule has 1 aliphatic carbocycles. The molecule has 9 heteroatoms. The number of hydrogen-bond acceptors (Lipinski definition) is 6. The minimum Gasteiger partial charge on any atom is -0.487 e. The van der Waals surface area contributed by atoms with Gasteiger partial charge in [-0.2, -0.15) is 15.5 Å². The summed E-state index contributed by atoms with van der Waals surface area (Å²) in [5.41, 5.74) is 1.88. The summed E-state index contributed by atoms with van der Waals surface area (Å²) in [5, 5.41) is 23.2. The first kappa shape index (κ1) is 23.8. The van der Waals surface area contributed by atoms with Gasteiger partial charge in [-0.25, -0.2) is 9.37 Å². The lowest BCUT2D eigenvalue weighted by Crippen LogP contribution is -2.26. The highest BCUT2D eigenvalue weighted by Gasteiger charge is 2.28.